The van der Waals surface area contributed by atoms with Crippen LogP contribution in [0.3, 0.4) is 0 Å². The van der Waals surface area contributed by atoms with Crippen molar-refractivity contribution in [3.8, 4) is 0 Å². The van der Waals surface area contributed by atoms with Crippen LogP contribution < -0.4 is 0 Å². The normalized spacial score (nSPS) is 19.3. The molecule has 0 saturated heterocycles. The van der Waals surface area contributed by atoms with Gasteiger partial charge >= 0.3 is 0 Å². The second kappa shape index (κ2) is 3.34. The van der Waals surface area contributed by atoms with Gasteiger partial charge in [-0.25, -0.2) is 0 Å². The van der Waals surface area contributed by atoms with E-state index in [-0.39, 0.29) is 30.8 Å². The summed E-state index contributed by atoms with van der Waals surface area (Å²) in [5, 5.41) is 2.19. The molecule has 0 N–H and O–H groups in total. The van der Waals surface area contributed by atoms with Crippen molar-refractivity contribution in [2.45, 2.75) is 19.3 Å². The van der Waals surface area contributed by atoms with E-state index in [2.05, 4.69) is 5.18 Å². The largest absolute Gasteiger partial charge is 0.299 e. The Hall–Kier alpha value is -1.39. The van der Waals surface area contributed by atoms with Crippen LogP contribution in [0.2, 0.25) is 0 Å². The standard InChI is InChI=1S/C7H7NO4/c9-5-1-4(7(11)8-12)2-6(10)3-5/h4H,1-3H2. The molecule has 5 nitrogen and oxygen atoms in total. The van der Waals surface area contributed by atoms with E-state index in [0.717, 1.165) is 0 Å². The molecule has 5 heteroatoms. The Balaban J connectivity index is 2.67. The van der Waals surface area contributed by atoms with Crippen molar-refractivity contribution in [2.75, 3.05) is 0 Å². The van der Waals surface area contributed by atoms with Crippen LogP contribution in [0.1, 0.15) is 19.3 Å². The maximum absolute atomic E-state index is 10.8. The molecule has 12 heavy (non-hydrogen) atoms. The third-order valence-corrected chi connectivity index (χ3v) is 1.78. The Morgan fingerprint density at radius 3 is 2.17 bits per heavy atom. The van der Waals surface area contributed by atoms with Crippen molar-refractivity contribution in [1.82, 2.24) is 0 Å². The van der Waals surface area contributed by atoms with E-state index in [1.165, 1.54) is 0 Å². The number of nitrogens with zero attached hydrogens (tertiary/aromatic N) is 1. The maximum Gasteiger partial charge on any atom is 0.290 e. The second-order valence-electron chi connectivity index (χ2n) is 2.79. The first-order valence-corrected chi connectivity index (χ1v) is 3.54. The summed E-state index contributed by atoms with van der Waals surface area (Å²) in [6.07, 6.45) is -0.144. The SMILES string of the molecule is O=NC(=O)C1CC(=O)CC(=O)C1. The molecule has 1 aliphatic carbocycles. The van der Waals surface area contributed by atoms with Gasteiger partial charge in [0.1, 0.15) is 11.6 Å². The number of amides is 1. The maximum atomic E-state index is 10.8. The first-order chi connectivity index (χ1) is 5.63. The molecule has 1 fully saturated rings. The molecule has 0 spiro atoms. The minimum atomic E-state index is -0.892. The molecular weight excluding hydrogens is 162 g/mol. The molecule has 0 radical (unpaired) electrons. The van der Waals surface area contributed by atoms with Gasteiger partial charge in [-0.3, -0.25) is 14.4 Å². The van der Waals surface area contributed by atoms with Gasteiger partial charge in [-0.15, -0.1) is 4.91 Å². The van der Waals surface area contributed by atoms with Crippen LogP contribution in [0, 0.1) is 10.8 Å². The lowest BCUT2D eigenvalue weighted by molar-refractivity contribution is -0.136. The number of carbonyl (C=O) groups excluding carboxylic acids is 3. The molecule has 1 saturated carbocycles. The molecule has 1 amide bonds. The zero-order valence-electron chi connectivity index (χ0n) is 6.28. The van der Waals surface area contributed by atoms with Crippen molar-refractivity contribution in [3.05, 3.63) is 4.91 Å². The lowest BCUT2D eigenvalue weighted by Gasteiger charge is -2.14. The minimum absolute atomic E-state index is 0.0175. The Morgan fingerprint density at radius 1 is 1.25 bits per heavy atom. The number of hydrogen-bond donors (Lipinski definition) is 0. The molecule has 0 heterocycles. The van der Waals surface area contributed by atoms with Crippen molar-refractivity contribution in [1.29, 1.82) is 0 Å². The lowest BCUT2D eigenvalue weighted by Crippen LogP contribution is -2.27. The van der Waals surface area contributed by atoms with Crippen LogP contribution in [-0.4, -0.2) is 17.5 Å². The molecule has 0 aromatic rings. The second-order valence-corrected chi connectivity index (χ2v) is 2.79. The number of Topliss-reactive ketones (excluding diaryl/α,β-unsaturated/α-hetero) is 2. The average Bonchev–Trinajstić information content (AvgIpc) is 2.01. The summed E-state index contributed by atoms with van der Waals surface area (Å²) in [6.45, 7) is 0. The highest BCUT2D eigenvalue weighted by molar-refractivity contribution is 6.05. The van der Waals surface area contributed by atoms with Gasteiger partial charge in [0, 0.05) is 18.0 Å². The fraction of sp³-hybridized carbons (Fsp3) is 0.571. The highest BCUT2D eigenvalue weighted by atomic mass is 16.3. The molecular formula is C7H7NO4. The first-order valence-electron chi connectivity index (χ1n) is 3.54. The van der Waals surface area contributed by atoms with Gasteiger partial charge in [0.05, 0.1) is 12.3 Å². The quantitative estimate of drug-likeness (QED) is 0.415. The van der Waals surface area contributed by atoms with Crippen LogP contribution in [0.4, 0.5) is 0 Å². The summed E-state index contributed by atoms with van der Waals surface area (Å²) in [4.78, 5) is 42.0. The van der Waals surface area contributed by atoms with Gasteiger partial charge in [0.25, 0.3) is 5.91 Å². The minimum Gasteiger partial charge on any atom is -0.299 e. The molecule has 1 rings (SSSR count). The summed E-state index contributed by atoms with van der Waals surface area (Å²) in [7, 11) is 0. The summed E-state index contributed by atoms with van der Waals surface area (Å²) in [6, 6.07) is 0. The van der Waals surface area contributed by atoms with Crippen LogP contribution in [0.25, 0.3) is 0 Å². The molecule has 0 aromatic carbocycles. The van der Waals surface area contributed by atoms with E-state index >= 15 is 0 Å². The predicted molar refractivity (Wildman–Crippen MR) is 38.2 cm³/mol. The van der Waals surface area contributed by atoms with Crippen LogP contribution in [0.15, 0.2) is 5.18 Å². The number of nitroso groups, excluding NO2 is 1. The zero-order chi connectivity index (χ0) is 9.14. The van der Waals surface area contributed by atoms with Crippen molar-refractivity contribution >= 4 is 17.5 Å². The molecule has 0 aliphatic heterocycles. The molecule has 1 aliphatic rings. The van der Waals surface area contributed by atoms with Crippen LogP contribution in [-0.2, 0) is 14.4 Å². The Kier molecular flexibility index (Phi) is 2.42. The lowest BCUT2D eigenvalue weighted by atomic mass is 9.87. The van der Waals surface area contributed by atoms with Crippen molar-refractivity contribution in [2.24, 2.45) is 11.1 Å². The number of rotatable bonds is 1. The third-order valence-electron chi connectivity index (χ3n) is 1.78. The monoisotopic (exact) mass is 169 g/mol. The molecule has 0 bridgehead atoms. The van der Waals surface area contributed by atoms with E-state index < -0.39 is 11.8 Å². The van der Waals surface area contributed by atoms with Crippen LogP contribution >= 0.6 is 0 Å². The van der Waals surface area contributed by atoms with Gasteiger partial charge in [-0.1, -0.05) is 0 Å². The number of ketones is 2. The van der Waals surface area contributed by atoms with E-state index in [4.69, 9.17) is 0 Å². The highest BCUT2D eigenvalue weighted by Gasteiger charge is 2.30. The Labute approximate surface area is 68.1 Å². The van der Waals surface area contributed by atoms with E-state index in [1.54, 1.807) is 0 Å². The molecule has 0 atom stereocenters. The summed E-state index contributed by atoms with van der Waals surface area (Å²) >= 11 is 0. The summed E-state index contributed by atoms with van der Waals surface area (Å²) in [5.74, 6) is -2.26. The first kappa shape index (κ1) is 8.70. The average molecular weight is 169 g/mol. The van der Waals surface area contributed by atoms with E-state index in [0.29, 0.717) is 0 Å². The predicted octanol–water partition coefficient (Wildman–Crippen LogP) is 0.218. The summed E-state index contributed by atoms with van der Waals surface area (Å²) in [5.41, 5.74) is 0. The van der Waals surface area contributed by atoms with Crippen molar-refractivity contribution in [3.63, 3.8) is 0 Å². The van der Waals surface area contributed by atoms with Gasteiger partial charge in [0.2, 0.25) is 0 Å². The van der Waals surface area contributed by atoms with E-state index in [1.807, 2.05) is 0 Å². The zero-order valence-corrected chi connectivity index (χ0v) is 6.28. The fourth-order valence-electron chi connectivity index (χ4n) is 1.24. The third kappa shape index (κ3) is 1.81. The molecule has 64 valence electrons. The number of hydrogen-bond acceptors (Lipinski definition) is 4. The van der Waals surface area contributed by atoms with Crippen LogP contribution in [0.5, 0.6) is 0 Å². The fourth-order valence-corrected chi connectivity index (χ4v) is 1.24. The van der Waals surface area contributed by atoms with E-state index in [9.17, 15) is 19.3 Å². The van der Waals surface area contributed by atoms with Gasteiger partial charge < -0.3 is 0 Å². The highest BCUT2D eigenvalue weighted by Crippen LogP contribution is 2.19. The molecule has 0 aromatic heterocycles. The Morgan fingerprint density at radius 2 is 1.75 bits per heavy atom. The topological polar surface area (TPSA) is 80.6 Å². The van der Waals surface area contributed by atoms with Crippen molar-refractivity contribution < 1.29 is 14.4 Å². The number of carbonyl (C=O) groups is 3. The van der Waals surface area contributed by atoms with Gasteiger partial charge in [-0.05, 0) is 0 Å². The molecule has 0 unspecified atom stereocenters. The van der Waals surface area contributed by atoms with Gasteiger partial charge in [0.15, 0.2) is 0 Å². The summed E-state index contributed by atoms with van der Waals surface area (Å²) < 4.78 is 0. The Bertz CT molecular complexity index is 242. The van der Waals surface area contributed by atoms with Gasteiger partial charge in [-0.2, -0.15) is 0 Å². The smallest absolute Gasteiger partial charge is 0.290 e.